The molecule has 1 saturated heterocycles. The molecule has 3 rings (SSSR count). The smallest absolute Gasteiger partial charge is 0.308 e. The number of hydrogen-bond acceptors (Lipinski definition) is 7. The number of benzene rings is 1. The highest BCUT2D eigenvalue weighted by atomic mass is 32.1. The van der Waals surface area contributed by atoms with E-state index in [4.69, 9.17) is 9.47 Å². The van der Waals surface area contributed by atoms with Crippen molar-refractivity contribution in [2.75, 3.05) is 26.3 Å². The van der Waals surface area contributed by atoms with Crippen molar-refractivity contribution in [1.82, 2.24) is 10.2 Å². The zero-order valence-corrected chi connectivity index (χ0v) is 22.1. The third kappa shape index (κ3) is 8.01. The van der Waals surface area contributed by atoms with Crippen LogP contribution in [0.3, 0.4) is 0 Å². The van der Waals surface area contributed by atoms with Crippen LogP contribution >= 0.6 is 11.3 Å². The number of ether oxygens (including phenoxy) is 2. The lowest BCUT2D eigenvalue weighted by Gasteiger charge is -2.31. The van der Waals surface area contributed by atoms with Gasteiger partial charge in [0, 0.05) is 25.1 Å². The molecule has 1 aliphatic rings. The van der Waals surface area contributed by atoms with Crippen LogP contribution in [-0.4, -0.2) is 60.8 Å². The van der Waals surface area contributed by atoms with E-state index >= 15 is 0 Å². The average Bonchev–Trinajstić information content (AvgIpc) is 3.45. The first-order valence-electron chi connectivity index (χ1n) is 12.2. The first-order valence-corrected chi connectivity index (χ1v) is 13.1. The second-order valence-corrected chi connectivity index (χ2v) is 10.4. The van der Waals surface area contributed by atoms with Crippen molar-refractivity contribution in [3.63, 3.8) is 0 Å². The number of ketones is 1. The number of nitrogens with zero attached hydrogens (tertiary/aromatic N) is 1. The van der Waals surface area contributed by atoms with E-state index in [9.17, 15) is 36.7 Å². The number of thiophene rings is 1. The van der Waals surface area contributed by atoms with E-state index in [-0.39, 0.29) is 24.5 Å². The number of esters is 1. The fourth-order valence-electron chi connectivity index (χ4n) is 3.84. The summed E-state index contributed by atoms with van der Waals surface area (Å²) in [5.41, 5.74) is 0. The van der Waals surface area contributed by atoms with Gasteiger partial charge in [-0.25, -0.2) is 8.78 Å². The maximum Gasteiger partial charge on any atom is 0.308 e. The molecule has 1 atom stereocenters. The minimum absolute atomic E-state index is 0.00285. The summed E-state index contributed by atoms with van der Waals surface area (Å²) in [6, 6.07) is 1.97. The second kappa shape index (κ2) is 13.5. The summed E-state index contributed by atoms with van der Waals surface area (Å²) < 4.78 is 64.6. The average molecular weight is 573 g/mol. The van der Waals surface area contributed by atoms with Crippen molar-refractivity contribution in [2.24, 2.45) is 11.8 Å². The van der Waals surface area contributed by atoms with Gasteiger partial charge in [-0.1, -0.05) is 19.9 Å². The number of nitrogens with one attached hydrogen (secondary N) is 1. The maximum absolute atomic E-state index is 13.9. The summed E-state index contributed by atoms with van der Waals surface area (Å²) in [5.74, 6) is -11.6. The van der Waals surface area contributed by atoms with Crippen LogP contribution in [0.2, 0.25) is 0 Å². The molecule has 0 aliphatic carbocycles. The van der Waals surface area contributed by atoms with E-state index in [0.29, 0.717) is 30.8 Å². The first-order chi connectivity index (χ1) is 18.5. The molecule has 1 aromatic carbocycles. The molecule has 1 fully saturated rings. The molecule has 212 valence electrons. The van der Waals surface area contributed by atoms with Crippen molar-refractivity contribution < 1.29 is 46.2 Å². The van der Waals surface area contributed by atoms with Crippen molar-refractivity contribution in [1.29, 1.82) is 0 Å². The summed E-state index contributed by atoms with van der Waals surface area (Å²) in [6.45, 7) is 3.16. The zero-order chi connectivity index (χ0) is 28.7. The Bertz CT molecular complexity index is 1170. The molecule has 0 saturated carbocycles. The highest BCUT2D eigenvalue weighted by Crippen LogP contribution is 2.27. The van der Waals surface area contributed by atoms with Crippen molar-refractivity contribution in [2.45, 2.75) is 39.2 Å². The van der Waals surface area contributed by atoms with Crippen LogP contribution < -0.4 is 10.1 Å². The molecule has 2 amide bonds. The topological polar surface area (TPSA) is 102 Å². The van der Waals surface area contributed by atoms with E-state index in [1.54, 1.807) is 36.3 Å². The molecule has 1 aromatic heterocycles. The Hall–Kier alpha value is -3.48. The highest BCUT2D eigenvalue weighted by Gasteiger charge is 2.32. The van der Waals surface area contributed by atoms with E-state index < -0.39 is 71.7 Å². The van der Waals surface area contributed by atoms with Gasteiger partial charge < -0.3 is 19.7 Å². The Labute approximate surface area is 226 Å². The molecule has 39 heavy (non-hydrogen) atoms. The normalized spacial score (nSPS) is 14.7. The molecule has 0 radical (unpaired) electrons. The third-order valence-corrected chi connectivity index (χ3v) is 6.83. The van der Waals surface area contributed by atoms with Crippen LogP contribution in [0.5, 0.6) is 5.75 Å². The Kier molecular flexibility index (Phi) is 10.4. The van der Waals surface area contributed by atoms with E-state index in [2.05, 4.69) is 5.32 Å². The number of halogens is 4. The highest BCUT2D eigenvalue weighted by molar-refractivity contribution is 7.12. The first kappa shape index (κ1) is 30.1. The lowest BCUT2D eigenvalue weighted by atomic mass is 9.95. The Morgan fingerprint density at radius 1 is 1.08 bits per heavy atom. The van der Waals surface area contributed by atoms with Gasteiger partial charge in [0.05, 0.1) is 17.9 Å². The lowest BCUT2D eigenvalue weighted by Crippen LogP contribution is -2.49. The standard InChI is InChI=1S/C26H28F4N2O6S/c1-14(2)12-37-21(34)11-18(19(33)13-38-24-22(29)16(27)10-17(28)23(24)30)31-25(35)15-5-7-32(8-6-15)26(36)20-4-3-9-39-20/h3-4,9-10,14-15,18H,5-8,11-13H2,1-2H3,(H,31,35)/t18-/m0/s1. The Balaban J connectivity index is 1.65. The van der Waals surface area contributed by atoms with Gasteiger partial charge in [0.25, 0.3) is 5.91 Å². The van der Waals surface area contributed by atoms with Crippen LogP contribution in [0, 0.1) is 35.1 Å². The number of amides is 2. The molecule has 0 unspecified atom stereocenters. The largest absolute Gasteiger partial charge is 0.479 e. The summed E-state index contributed by atoms with van der Waals surface area (Å²) in [4.78, 5) is 52.8. The molecule has 1 N–H and O–H groups in total. The predicted molar refractivity (Wildman–Crippen MR) is 132 cm³/mol. The number of Topliss-reactive ketones (excluding diaryl/α,β-unsaturated/α-hetero) is 1. The van der Waals surface area contributed by atoms with Crippen LogP contribution in [0.25, 0.3) is 0 Å². The van der Waals surface area contributed by atoms with Gasteiger partial charge in [-0.3, -0.25) is 19.2 Å². The van der Waals surface area contributed by atoms with Crippen LogP contribution in [0.1, 0.15) is 42.8 Å². The molecular weight excluding hydrogens is 544 g/mol. The van der Waals surface area contributed by atoms with Crippen molar-refractivity contribution in [3.8, 4) is 5.75 Å². The molecule has 0 bridgehead atoms. The molecule has 13 heteroatoms. The van der Waals surface area contributed by atoms with Gasteiger partial charge in [0.1, 0.15) is 12.6 Å². The van der Waals surface area contributed by atoms with Crippen LogP contribution in [0.15, 0.2) is 23.6 Å². The summed E-state index contributed by atoms with van der Waals surface area (Å²) in [6.07, 6.45) is 0.00707. The SMILES string of the molecule is CC(C)COC(=O)C[C@H](NC(=O)C1CCN(C(=O)c2cccs2)CC1)C(=O)COc1c(F)c(F)cc(F)c1F. The number of carbonyl (C=O) groups excluding carboxylic acids is 4. The Morgan fingerprint density at radius 2 is 1.72 bits per heavy atom. The summed E-state index contributed by atoms with van der Waals surface area (Å²) >= 11 is 1.31. The van der Waals surface area contributed by atoms with Gasteiger partial charge in [0.2, 0.25) is 17.5 Å². The van der Waals surface area contributed by atoms with E-state index in [1.807, 2.05) is 0 Å². The fraction of sp³-hybridized carbons (Fsp3) is 0.462. The monoisotopic (exact) mass is 572 g/mol. The van der Waals surface area contributed by atoms with Gasteiger partial charge in [0.15, 0.2) is 23.2 Å². The van der Waals surface area contributed by atoms with Gasteiger partial charge in [-0.2, -0.15) is 8.78 Å². The number of piperidine rings is 1. The van der Waals surface area contributed by atoms with Gasteiger partial charge in [-0.15, -0.1) is 11.3 Å². The lowest BCUT2D eigenvalue weighted by molar-refractivity contribution is -0.147. The Morgan fingerprint density at radius 3 is 2.28 bits per heavy atom. The zero-order valence-electron chi connectivity index (χ0n) is 21.3. The van der Waals surface area contributed by atoms with Gasteiger partial charge in [-0.05, 0) is 30.2 Å². The van der Waals surface area contributed by atoms with Gasteiger partial charge >= 0.3 is 5.97 Å². The molecule has 2 aromatic rings. The maximum atomic E-state index is 13.9. The second-order valence-electron chi connectivity index (χ2n) is 9.44. The van der Waals surface area contributed by atoms with E-state index in [1.165, 1.54) is 11.3 Å². The van der Waals surface area contributed by atoms with E-state index in [0.717, 1.165) is 0 Å². The molecule has 1 aliphatic heterocycles. The number of hydrogen-bond donors (Lipinski definition) is 1. The van der Waals surface area contributed by atoms with Crippen molar-refractivity contribution in [3.05, 3.63) is 51.7 Å². The predicted octanol–water partition coefficient (Wildman–Crippen LogP) is 3.88. The quantitative estimate of drug-likeness (QED) is 0.249. The number of likely N-dealkylation sites (tertiary alicyclic amines) is 1. The number of rotatable bonds is 11. The van der Waals surface area contributed by atoms with Crippen molar-refractivity contribution >= 4 is 34.9 Å². The molecule has 0 spiro atoms. The summed E-state index contributed by atoms with van der Waals surface area (Å²) in [5, 5.41) is 4.24. The molecular formula is C26H28F4N2O6S. The van der Waals surface area contributed by atoms with Crippen LogP contribution in [0.4, 0.5) is 17.6 Å². The summed E-state index contributed by atoms with van der Waals surface area (Å²) in [7, 11) is 0. The minimum Gasteiger partial charge on any atom is -0.479 e. The fourth-order valence-corrected chi connectivity index (χ4v) is 4.53. The van der Waals surface area contributed by atoms with Crippen LogP contribution in [-0.2, 0) is 19.1 Å². The minimum atomic E-state index is -1.83. The molecule has 2 heterocycles. The molecule has 8 nitrogen and oxygen atoms in total. The number of carbonyl (C=O) groups is 4. The third-order valence-electron chi connectivity index (χ3n) is 5.97.